The molecule has 2 rings (SSSR count). The highest BCUT2D eigenvalue weighted by Gasteiger charge is 2.18. The van der Waals surface area contributed by atoms with Gasteiger partial charge in [-0.25, -0.2) is 4.39 Å². The first-order valence-electron chi connectivity index (χ1n) is 6.18. The Kier molecular flexibility index (Phi) is 4.35. The number of nitrogens with zero attached hydrogens (tertiary/aromatic N) is 1. The number of rotatable bonds is 3. The molecule has 0 radical (unpaired) electrons. The third kappa shape index (κ3) is 2.90. The molecule has 1 aromatic carbocycles. The van der Waals surface area contributed by atoms with Gasteiger partial charge < -0.3 is 10.2 Å². The fourth-order valence-corrected chi connectivity index (χ4v) is 3.15. The van der Waals surface area contributed by atoms with Crippen LogP contribution in [0.3, 0.4) is 0 Å². The second-order valence-corrected chi connectivity index (χ2v) is 6.25. The van der Waals surface area contributed by atoms with Gasteiger partial charge >= 0.3 is 0 Å². The Labute approximate surface area is 110 Å². The van der Waals surface area contributed by atoms with Crippen molar-refractivity contribution in [3.8, 4) is 0 Å². The zero-order chi connectivity index (χ0) is 13.1. The van der Waals surface area contributed by atoms with Gasteiger partial charge in [-0.15, -0.1) is 0 Å². The lowest BCUT2D eigenvalue weighted by Crippen LogP contribution is -2.38. The Hall–Kier alpha value is -0.940. The molecule has 1 aromatic rings. The molecular weight excluding hydrogens is 251 g/mol. The van der Waals surface area contributed by atoms with Crippen molar-refractivity contribution < 1.29 is 8.60 Å². The van der Waals surface area contributed by atoms with Crippen molar-refractivity contribution in [3.05, 3.63) is 29.6 Å². The first kappa shape index (κ1) is 13.5. The molecule has 0 bridgehead atoms. The Bertz CT molecular complexity index is 443. The van der Waals surface area contributed by atoms with Gasteiger partial charge in [-0.3, -0.25) is 4.21 Å². The molecule has 0 aliphatic carbocycles. The molecular formula is C13H19FN2OS. The van der Waals surface area contributed by atoms with Gasteiger partial charge in [-0.05, 0) is 31.7 Å². The van der Waals surface area contributed by atoms with Crippen LogP contribution in [0.1, 0.15) is 18.5 Å². The zero-order valence-corrected chi connectivity index (χ0v) is 11.6. The third-order valence-corrected chi connectivity index (χ3v) is 4.70. The zero-order valence-electron chi connectivity index (χ0n) is 10.8. The third-order valence-electron chi connectivity index (χ3n) is 3.42. The largest absolute Gasteiger partial charge is 0.367 e. The van der Waals surface area contributed by atoms with E-state index in [0.29, 0.717) is 30.3 Å². The topological polar surface area (TPSA) is 32.3 Å². The second-order valence-electron chi connectivity index (χ2n) is 4.56. The lowest BCUT2D eigenvalue weighted by molar-refractivity contribution is 0.601. The highest BCUT2D eigenvalue weighted by atomic mass is 32.2. The molecule has 1 unspecified atom stereocenters. The number of anilines is 1. The number of nitrogens with one attached hydrogen (secondary N) is 1. The van der Waals surface area contributed by atoms with Crippen molar-refractivity contribution in [2.75, 3.05) is 36.5 Å². The van der Waals surface area contributed by atoms with Crippen LogP contribution in [0, 0.1) is 5.82 Å². The fourth-order valence-electron chi connectivity index (χ4n) is 2.09. The summed E-state index contributed by atoms with van der Waals surface area (Å²) in [4.78, 5) is 1.98. The average Bonchev–Trinajstić information content (AvgIpc) is 2.39. The first-order chi connectivity index (χ1) is 8.61. The highest BCUT2D eigenvalue weighted by Crippen LogP contribution is 2.24. The number of hydrogen-bond acceptors (Lipinski definition) is 3. The molecule has 1 N–H and O–H groups in total. The normalized spacial score (nSPS) is 18.9. The first-order valence-corrected chi connectivity index (χ1v) is 7.67. The fraction of sp³-hybridized carbons (Fsp3) is 0.538. The summed E-state index contributed by atoms with van der Waals surface area (Å²) < 4.78 is 25.4. The van der Waals surface area contributed by atoms with E-state index in [4.69, 9.17) is 0 Å². The highest BCUT2D eigenvalue weighted by molar-refractivity contribution is 7.85. The Balaban J connectivity index is 2.17. The van der Waals surface area contributed by atoms with Crippen molar-refractivity contribution in [1.29, 1.82) is 0 Å². The maximum absolute atomic E-state index is 14.1. The van der Waals surface area contributed by atoms with Crippen molar-refractivity contribution in [3.63, 3.8) is 0 Å². The van der Waals surface area contributed by atoms with Gasteiger partial charge in [0.25, 0.3) is 0 Å². The van der Waals surface area contributed by atoms with Crippen LogP contribution in [0.25, 0.3) is 0 Å². The van der Waals surface area contributed by atoms with Gasteiger partial charge in [0.15, 0.2) is 0 Å². The Morgan fingerprint density at radius 2 is 2.06 bits per heavy atom. The SMILES string of the molecule is CNC(C)c1ccc(N2CCS(=O)CC2)c(F)c1. The summed E-state index contributed by atoms with van der Waals surface area (Å²) in [7, 11) is 1.13. The summed E-state index contributed by atoms with van der Waals surface area (Å²) in [6.07, 6.45) is 0. The van der Waals surface area contributed by atoms with Crippen LogP contribution in [0.5, 0.6) is 0 Å². The van der Waals surface area contributed by atoms with Crippen molar-refractivity contribution >= 4 is 16.5 Å². The quantitative estimate of drug-likeness (QED) is 0.907. The molecule has 0 spiro atoms. The smallest absolute Gasteiger partial charge is 0.146 e. The van der Waals surface area contributed by atoms with Crippen molar-refractivity contribution in [1.82, 2.24) is 5.32 Å². The molecule has 3 nitrogen and oxygen atoms in total. The molecule has 0 saturated carbocycles. The van der Waals surface area contributed by atoms with Crippen LogP contribution < -0.4 is 10.2 Å². The molecule has 1 aliphatic heterocycles. The molecule has 5 heteroatoms. The number of hydrogen-bond donors (Lipinski definition) is 1. The van der Waals surface area contributed by atoms with E-state index in [9.17, 15) is 8.60 Å². The minimum atomic E-state index is -0.729. The molecule has 100 valence electrons. The summed E-state index contributed by atoms with van der Waals surface area (Å²) in [5, 5.41) is 3.09. The molecule has 18 heavy (non-hydrogen) atoms. The van der Waals surface area contributed by atoms with E-state index >= 15 is 0 Å². The van der Waals surface area contributed by atoms with Crippen LogP contribution in [-0.4, -0.2) is 35.9 Å². The molecule has 1 atom stereocenters. The molecule has 1 fully saturated rings. The van der Waals surface area contributed by atoms with Gasteiger partial charge in [0, 0.05) is 41.4 Å². The van der Waals surface area contributed by atoms with Gasteiger partial charge in [0.05, 0.1) is 5.69 Å². The van der Waals surface area contributed by atoms with Crippen LogP contribution in [0.4, 0.5) is 10.1 Å². The van der Waals surface area contributed by atoms with Crippen molar-refractivity contribution in [2.45, 2.75) is 13.0 Å². The summed E-state index contributed by atoms with van der Waals surface area (Å²) in [6, 6.07) is 5.50. The average molecular weight is 270 g/mol. The van der Waals surface area contributed by atoms with E-state index in [2.05, 4.69) is 5.32 Å². The molecule has 1 heterocycles. The van der Waals surface area contributed by atoms with Crippen LogP contribution in [0.15, 0.2) is 18.2 Å². The van der Waals surface area contributed by atoms with Crippen LogP contribution in [-0.2, 0) is 10.8 Å². The minimum absolute atomic E-state index is 0.141. The summed E-state index contributed by atoms with van der Waals surface area (Å²) >= 11 is 0. The van der Waals surface area contributed by atoms with Gasteiger partial charge in [0.1, 0.15) is 5.82 Å². The monoisotopic (exact) mass is 270 g/mol. The minimum Gasteiger partial charge on any atom is -0.367 e. The summed E-state index contributed by atoms with van der Waals surface area (Å²) in [6.45, 7) is 3.34. The predicted octanol–water partition coefficient (Wildman–Crippen LogP) is 1.67. The molecule has 1 saturated heterocycles. The van der Waals surface area contributed by atoms with E-state index < -0.39 is 10.8 Å². The van der Waals surface area contributed by atoms with Crippen LogP contribution in [0.2, 0.25) is 0 Å². The Morgan fingerprint density at radius 3 is 2.61 bits per heavy atom. The van der Waals surface area contributed by atoms with Gasteiger partial charge in [0.2, 0.25) is 0 Å². The maximum atomic E-state index is 14.1. The lowest BCUT2D eigenvalue weighted by Gasteiger charge is -2.29. The number of halogens is 1. The molecule has 0 amide bonds. The summed E-state index contributed by atoms with van der Waals surface area (Å²) in [5.41, 5.74) is 1.57. The van der Waals surface area contributed by atoms with E-state index in [1.165, 1.54) is 0 Å². The van der Waals surface area contributed by atoms with Gasteiger partial charge in [-0.1, -0.05) is 6.07 Å². The van der Waals surface area contributed by atoms with E-state index in [0.717, 1.165) is 5.56 Å². The van der Waals surface area contributed by atoms with E-state index in [1.54, 1.807) is 6.07 Å². The predicted molar refractivity (Wildman–Crippen MR) is 74.0 cm³/mol. The number of benzene rings is 1. The lowest BCUT2D eigenvalue weighted by atomic mass is 10.1. The van der Waals surface area contributed by atoms with E-state index in [1.807, 2.05) is 31.0 Å². The summed E-state index contributed by atoms with van der Waals surface area (Å²) in [5.74, 6) is 1.07. The molecule has 0 aromatic heterocycles. The van der Waals surface area contributed by atoms with Crippen LogP contribution >= 0.6 is 0 Å². The maximum Gasteiger partial charge on any atom is 0.146 e. The Morgan fingerprint density at radius 1 is 1.39 bits per heavy atom. The van der Waals surface area contributed by atoms with Crippen molar-refractivity contribution in [2.24, 2.45) is 0 Å². The molecule has 1 aliphatic rings. The van der Waals surface area contributed by atoms with E-state index in [-0.39, 0.29) is 11.9 Å². The standard InChI is InChI=1S/C13H19FN2OS/c1-10(15-2)11-3-4-13(12(14)9-11)16-5-7-18(17)8-6-16/h3-4,9-10,15H,5-8H2,1-2H3. The second kappa shape index (κ2) is 5.80. The van der Waals surface area contributed by atoms with Gasteiger partial charge in [-0.2, -0.15) is 0 Å².